The maximum Gasteiger partial charge on any atom is 0.268 e. The number of aromatic nitrogens is 1. The molecule has 2 aromatic rings. The van der Waals surface area contributed by atoms with Crippen LogP contribution in [-0.2, 0) is 6.54 Å². The summed E-state index contributed by atoms with van der Waals surface area (Å²) in [6.45, 7) is 4.08. The third-order valence-corrected chi connectivity index (χ3v) is 3.65. The number of amides is 1. The highest BCUT2D eigenvalue weighted by Gasteiger charge is 2.20. The van der Waals surface area contributed by atoms with Gasteiger partial charge in [-0.15, -0.1) is 0 Å². The van der Waals surface area contributed by atoms with Gasteiger partial charge in [0.15, 0.2) is 0 Å². The zero-order chi connectivity index (χ0) is 15.6. The van der Waals surface area contributed by atoms with E-state index in [9.17, 15) is 13.6 Å². The summed E-state index contributed by atoms with van der Waals surface area (Å²) in [6, 6.07) is 4.54. The summed E-state index contributed by atoms with van der Waals surface area (Å²) < 4.78 is 29.9. The molecule has 0 aliphatic rings. The second-order valence-electron chi connectivity index (χ2n) is 4.66. The summed E-state index contributed by atoms with van der Waals surface area (Å²) in [6.07, 6.45) is 1.78. The number of aryl methyl sites for hydroxylation is 1. The van der Waals surface area contributed by atoms with Gasteiger partial charge in [0.1, 0.15) is 17.3 Å². The van der Waals surface area contributed by atoms with Crippen molar-refractivity contribution in [2.45, 2.75) is 26.4 Å². The third-order valence-electron chi connectivity index (χ3n) is 3.22. The Hall–Kier alpha value is -1.69. The second-order valence-corrected chi connectivity index (χ2v) is 5.58. The van der Waals surface area contributed by atoms with E-state index in [4.69, 9.17) is 0 Å². The highest BCUT2D eigenvalue weighted by molar-refractivity contribution is 9.10. The molecule has 1 atom stereocenters. The number of halogens is 3. The van der Waals surface area contributed by atoms with E-state index in [1.54, 1.807) is 23.8 Å². The third kappa shape index (κ3) is 3.32. The Morgan fingerprint density at radius 2 is 2.00 bits per heavy atom. The molecule has 2 rings (SSSR count). The van der Waals surface area contributed by atoms with Gasteiger partial charge in [0.05, 0.1) is 6.04 Å². The molecule has 6 heteroatoms. The summed E-state index contributed by atoms with van der Waals surface area (Å²) in [5, 5.41) is 2.62. The molecule has 1 unspecified atom stereocenters. The van der Waals surface area contributed by atoms with Gasteiger partial charge >= 0.3 is 0 Å². The number of hydrogen-bond acceptors (Lipinski definition) is 1. The predicted molar refractivity (Wildman–Crippen MR) is 80.0 cm³/mol. The first kappa shape index (κ1) is 15.7. The minimum absolute atomic E-state index is 0.139. The molecule has 1 aromatic heterocycles. The van der Waals surface area contributed by atoms with Gasteiger partial charge in [0.2, 0.25) is 0 Å². The Labute approximate surface area is 130 Å². The van der Waals surface area contributed by atoms with E-state index < -0.39 is 17.7 Å². The highest BCUT2D eigenvalue weighted by atomic mass is 79.9. The lowest BCUT2D eigenvalue weighted by Crippen LogP contribution is -2.29. The first-order valence-electron chi connectivity index (χ1n) is 6.54. The molecular weight excluding hydrogens is 342 g/mol. The van der Waals surface area contributed by atoms with Gasteiger partial charge in [0, 0.05) is 22.8 Å². The molecule has 1 amide bonds. The molecule has 0 fully saturated rings. The molecule has 0 aliphatic carbocycles. The molecule has 0 aliphatic heterocycles. The molecule has 21 heavy (non-hydrogen) atoms. The van der Waals surface area contributed by atoms with Gasteiger partial charge in [-0.05, 0) is 48.0 Å². The van der Waals surface area contributed by atoms with E-state index in [1.807, 2.05) is 6.92 Å². The summed E-state index contributed by atoms with van der Waals surface area (Å²) in [5.41, 5.74) is 0.299. The average molecular weight is 357 g/mol. The summed E-state index contributed by atoms with van der Waals surface area (Å²) in [5.74, 6) is -1.72. The van der Waals surface area contributed by atoms with E-state index >= 15 is 0 Å². The molecule has 0 saturated heterocycles. The Morgan fingerprint density at radius 1 is 1.38 bits per heavy atom. The average Bonchev–Trinajstić information content (AvgIpc) is 2.79. The van der Waals surface area contributed by atoms with E-state index in [-0.39, 0.29) is 11.5 Å². The van der Waals surface area contributed by atoms with Crippen molar-refractivity contribution >= 4 is 21.8 Å². The van der Waals surface area contributed by atoms with E-state index in [0.29, 0.717) is 12.2 Å². The van der Waals surface area contributed by atoms with Crippen LogP contribution in [-0.4, -0.2) is 10.5 Å². The zero-order valence-electron chi connectivity index (χ0n) is 11.7. The number of nitrogens with zero attached hydrogens (tertiary/aromatic N) is 1. The fourth-order valence-corrected chi connectivity index (χ4v) is 2.66. The summed E-state index contributed by atoms with van der Waals surface area (Å²) in [7, 11) is 0. The molecule has 112 valence electrons. The van der Waals surface area contributed by atoms with Gasteiger partial charge in [-0.2, -0.15) is 0 Å². The van der Waals surface area contributed by atoms with Crippen LogP contribution in [0.15, 0.2) is 34.9 Å². The lowest BCUT2D eigenvalue weighted by molar-refractivity contribution is 0.0929. The fraction of sp³-hybridized carbons (Fsp3) is 0.267. The van der Waals surface area contributed by atoms with Crippen molar-refractivity contribution in [3.63, 3.8) is 0 Å². The first-order chi connectivity index (χ1) is 9.93. The second kappa shape index (κ2) is 6.39. The molecule has 0 radical (unpaired) electrons. The number of nitrogens with one attached hydrogen (secondary N) is 1. The van der Waals surface area contributed by atoms with Crippen molar-refractivity contribution in [1.29, 1.82) is 0 Å². The summed E-state index contributed by atoms with van der Waals surface area (Å²) in [4.78, 5) is 12.2. The van der Waals surface area contributed by atoms with Crippen molar-refractivity contribution in [3.05, 3.63) is 57.8 Å². The standard InChI is InChI=1S/C15H15BrF2N2O/c1-3-20-8-10(16)7-13(20)15(21)19-9(2)14-11(17)5-4-6-12(14)18/h4-9H,3H2,1-2H3,(H,19,21). The van der Waals surface area contributed by atoms with Gasteiger partial charge in [-0.25, -0.2) is 8.78 Å². The Kier molecular flexibility index (Phi) is 4.77. The van der Waals surface area contributed by atoms with Crippen molar-refractivity contribution in [1.82, 2.24) is 9.88 Å². The normalized spacial score (nSPS) is 12.2. The number of carbonyl (C=O) groups is 1. The van der Waals surface area contributed by atoms with Crippen LogP contribution >= 0.6 is 15.9 Å². The SMILES string of the molecule is CCn1cc(Br)cc1C(=O)NC(C)c1c(F)cccc1F. The molecular formula is C15H15BrF2N2O. The van der Waals surface area contributed by atoms with Gasteiger partial charge < -0.3 is 9.88 Å². The monoisotopic (exact) mass is 356 g/mol. The maximum absolute atomic E-state index is 13.7. The van der Waals surface area contributed by atoms with Crippen LogP contribution in [0, 0.1) is 11.6 Å². The highest BCUT2D eigenvalue weighted by Crippen LogP contribution is 2.21. The van der Waals surface area contributed by atoms with Gasteiger partial charge in [0.25, 0.3) is 5.91 Å². The fourth-order valence-electron chi connectivity index (χ4n) is 2.19. The van der Waals surface area contributed by atoms with Crippen LogP contribution in [0.25, 0.3) is 0 Å². The zero-order valence-corrected chi connectivity index (χ0v) is 13.2. The smallest absolute Gasteiger partial charge is 0.268 e. The van der Waals surface area contributed by atoms with Gasteiger partial charge in [-0.1, -0.05) is 6.07 Å². The van der Waals surface area contributed by atoms with Crippen LogP contribution in [0.2, 0.25) is 0 Å². The molecule has 0 saturated carbocycles. The van der Waals surface area contributed by atoms with Crippen molar-refractivity contribution in [2.24, 2.45) is 0 Å². The Bertz CT molecular complexity index is 649. The van der Waals surface area contributed by atoms with E-state index in [2.05, 4.69) is 21.2 Å². The van der Waals surface area contributed by atoms with Crippen molar-refractivity contribution < 1.29 is 13.6 Å². The maximum atomic E-state index is 13.7. The van der Waals surface area contributed by atoms with Crippen molar-refractivity contribution in [3.8, 4) is 0 Å². The minimum Gasteiger partial charge on any atom is -0.344 e. The first-order valence-corrected chi connectivity index (χ1v) is 7.33. The molecule has 1 heterocycles. The number of hydrogen-bond donors (Lipinski definition) is 1. The number of carbonyl (C=O) groups excluding carboxylic acids is 1. The van der Waals surface area contributed by atoms with E-state index in [1.165, 1.54) is 18.2 Å². The van der Waals surface area contributed by atoms with E-state index in [0.717, 1.165) is 4.47 Å². The lowest BCUT2D eigenvalue weighted by atomic mass is 10.1. The number of benzene rings is 1. The largest absolute Gasteiger partial charge is 0.344 e. The topological polar surface area (TPSA) is 34.0 Å². The molecule has 3 nitrogen and oxygen atoms in total. The quantitative estimate of drug-likeness (QED) is 0.881. The van der Waals surface area contributed by atoms with Crippen LogP contribution in [0.3, 0.4) is 0 Å². The van der Waals surface area contributed by atoms with Crippen LogP contribution in [0.5, 0.6) is 0 Å². The van der Waals surface area contributed by atoms with Gasteiger partial charge in [-0.3, -0.25) is 4.79 Å². The van der Waals surface area contributed by atoms with Crippen LogP contribution in [0.4, 0.5) is 8.78 Å². The number of rotatable bonds is 4. The predicted octanol–water partition coefficient (Wildman–Crippen LogP) is 4.04. The minimum atomic E-state index is -0.766. The lowest BCUT2D eigenvalue weighted by Gasteiger charge is -2.16. The molecule has 1 N–H and O–H groups in total. The molecule has 0 spiro atoms. The Morgan fingerprint density at radius 3 is 2.57 bits per heavy atom. The van der Waals surface area contributed by atoms with Crippen molar-refractivity contribution in [2.75, 3.05) is 0 Å². The summed E-state index contributed by atoms with van der Waals surface area (Å²) >= 11 is 3.31. The Balaban J connectivity index is 2.23. The van der Waals surface area contributed by atoms with Crippen LogP contribution in [0.1, 0.15) is 35.9 Å². The molecule has 1 aromatic carbocycles. The molecule has 0 bridgehead atoms. The van der Waals surface area contributed by atoms with Crippen LogP contribution < -0.4 is 5.32 Å².